The lowest BCUT2D eigenvalue weighted by Crippen LogP contribution is -2.56. The van der Waals surface area contributed by atoms with Crippen LogP contribution < -0.4 is 0 Å². The summed E-state index contributed by atoms with van der Waals surface area (Å²) in [5, 5.41) is 0. The van der Waals surface area contributed by atoms with Gasteiger partial charge < -0.3 is 0 Å². The van der Waals surface area contributed by atoms with Crippen LogP contribution in [0.25, 0.3) is 0 Å². The maximum atomic E-state index is 9.75. The molecule has 0 unspecified atom stereocenters. The number of rotatable bonds is 1. The fourth-order valence-electron chi connectivity index (χ4n) is 1.67. The third-order valence-electron chi connectivity index (χ3n) is 2.29. The van der Waals surface area contributed by atoms with Crippen LogP contribution in [0.15, 0.2) is 4.99 Å². The SMILES string of the molecule is O=C=NC12CC(C1)C2. The molecule has 2 heteroatoms. The molecule has 3 saturated carbocycles. The Balaban J connectivity index is 2.15. The van der Waals surface area contributed by atoms with Gasteiger partial charge >= 0.3 is 0 Å². The summed E-state index contributed by atoms with van der Waals surface area (Å²) in [6, 6.07) is 0. The Kier molecular flexibility index (Phi) is 0.552. The summed E-state index contributed by atoms with van der Waals surface area (Å²) in [6.45, 7) is 0. The summed E-state index contributed by atoms with van der Waals surface area (Å²) in [5.74, 6) is 0.909. The van der Waals surface area contributed by atoms with E-state index < -0.39 is 0 Å². The number of hydrogen-bond donors (Lipinski definition) is 0. The minimum absolute atomic E-state index is 0.117. The fraction of sp³-hybridized carbons (Fsp3) is 0.833. The zero-order chi connectivity index (χ0) is 5.61. The van der Waals surface area contributed by atoms with E-state index in [2.05, 4.69) is 4.99 Å². The highest BCUT2D eigenvalue weighted by Gasteiger charge is 2.57. The monoisotopic (exact) mass is 109 g/mol. The average molecular weight is 109 g/mol. The van der Waals surface area contributed by atoms with Gasteiger partial charge in [0.05, 0.1) is 5.54 Å². The smallest absolute Gasteiger partial charge is 0.211 e. The first-order valence-electron chi connectivity index (χ1n) is 2.94. The molecule has 2 bridgehead atoms. The maximum Gasteiger partial charge on any atom is 0.235 e. The molecule has 0 aromatic carbocycles. The predicted octanol–water partition coefficient (Wildman–Crippen LogP) is 0.875. The van der Waals surface area contributed by atoms with Gasteiger partial charge in [0.25, 0.3) is 0 Å². The molecule has 0 aromatic rings. The van der Waals surface area contributed by atoms with Crippen molar-refractivity contribution in [1.82, 2.24) is 0 Å². The Morgan fingerprint density at radius 3 is 2.25 bits per heavy atom. The second kappa shape index (κ2) is 1.03. The zero-order valence-corrected chi connectivity index (χ0v) is 4.55. The van der Waals surface area contributed by atoms with Crippen molar-refractivity contribution in [3.8, 4) is 0 Å². The number of aliphatic imine (C=N–C) groups is 1. The van der Waals surface area contributed by atoms with Crippen LogP contribution >= 0.6 is 0 Å². The van der Waals surface area contributed by atoms with Crippen molar-refractivity contribution in [3.63, 3.8) is 0 Å². The molecule has 0 aliphatic heterocycles. The normalized spacial score (nSPS) is 48.2. The molecule has 3 rings (SSSR count). The van der Waals surface area contributed by atoms with Gasteiger partial charge in [-0.2, -0.15) is 4.99 Å². The molecule has 3 aliphatic carbocycles. The van der Waals surface area contributed by atoms with Gasteiger partial charge in [-0.15, -0.1) is 0 Å². The van der Waals surface area contributed by atoms with E-state index in [-0.39, 0.29) is 5.54 Å². The molecule has 42 valence electrons. The van der Waals surface area contributed by atoms with E-state index in [9.17, 15) is 4.79 Å². The van der Waals surface area contributed by atoms with Gasteiger partial charge in [-0.1, -0.05) is 0 Å². The minimum Gasteiger partial charge on any atom is -0.211 e. The van der Waals surface area contributed by atoms with Gasteiger partial charge in [0.15, 0.2) is 0 Å². The van der Waals surface area contributed by atoms with Crippen molar-refractivity contribution < 1.29 is 4.79 Å². The van der Waals surface area contributed by atoms with Crippen molar-refractivity contribution >= 4 is 6.08 Å². The van der Waals surface area contributed by atoms with E-state index in [1.165, 1.54) is 0 Å². The van der Waals surface area contributed by atoms with Crippen LogP contribution in [-0.2, 0) is 4.79 Å². The number of carbonyl (C=O) groups excluding carboxylic acids is 1. The van der Waals surface area contributed by atoms with E-state index >= 15 is 0 Å². The third kappa shape index (κ3) is 0.306. The van der Waals surface area contributed by atoms with Crippen molar-refractivity contribution in [1.29, 1.82) is 0 Å². The highest BCUT2D eigenvalue weighted by atomic mass is 16.1. The predicted molar refractivity (Wildman–Crippen MR) is 28.2 cm³/mol. The van der Waals surface area contributed by atoms with E-state index in [0.717, 1.165) is 25.2 Å². The van der Waals surface area contributed by atoms with Crippen LogP contribution in [0.3, 0.4) is 0 Å². The number of nitrogens with zero attached hydrogens (tertiary/aromatic N) is 1. The summed E-state index contributed by atoms with van der Waals surface area (Å²) in [4.78, 5) is 13.5. The second-order valence-corrected chi connectivity index (χ2v) is 2.91. The van der Waals surface area contributed by atoms with Gasteiger partial charge in [0, 0.05) is 0 Å². The van der Waals surface area contributed by atoms with Gasteiger partial charge in [-0.3, -0.25) is 0 Å². The first-order valence-corrected chi connectivity index (χ1v) is 2.94. The Labute approximate surface area is 47.6 Å². The van der Waals surface area contributed by atoms with E-state index in [4.69, 9.17) is 0 Å². The van der Waals surface area contributed by atoms with Crippen LogP contribution in [0.1, 0.15) is 19.3 Å². The summed E-state index contributed by atoms with van der Waals surface area (Å²) < 4.78 is 0. The van der Waals surface area contributed by atoms with Crippen molar-refractivity contribution in [2.45, 2.75) is 24.8 Å². The highest BCUT2D eigenvalue weighted by Crippen LogP contribution is 2.59. The van der Waals surface area contributed by atoms with Crippen molar-refractivity contribution in [2.24, 2.45) is 10.9 Å². The highest BCUT2D eigenvalue weighted by molar-refractivity contribution is 5.37. The van der Waals surface area contributed by atoms with Crippen molar-refractivity contribution in [2.75, 3.05) is 0 Å². The summed E-state index contributed by atoms with van der Waals surface area (Å²) in [6.07, 6.45) is 5.09. The van der Waals surface area contributed by atoms with E-state index in [1.807, 2.05) is 0 Å². The first kappa shape index (κ1) is 4.28. The van der Waals surface area contributed by atoms with Crippen LogP contribution in [0.5, 0.6) is 0 Å². The standard InChI is InChI=1S/C6H7NO/c8-4-7-6-1-5(2-6)3-6/h5H,1-3H2. The summed E-state index contributed by atoms with van der Waals surface area (Å²) in [5.41, 5.74) is 0.117. The molecule has 0 radical (unpaired) electrons. The molecule has 0 N–H and O–H groups in total. The molecule has 0 heterocycles. The van der Waals surface area contributed by atoms with Gasteiger partial charge in [-0.05, 0) is 25.2 Å². The van der Waals surface area contributed by atoms with Gasteiger partial charge in [-0.25, -0.2) is 4.79 Å². The Morgan fingerprint density at radius 2 is 2.12 bits per heavy atom. The average Bonchev–Trinajstić information content (AvgIpc) is 1.50. The Morgan fingerprint density at radius 1 is 1.50 bits per heavy atom. The lowest BCUT2D eigenvalue weighted by molar-refractivity contribution is -0.0145. The van der Waals surface area contributed by atoms with Crippen LogP contribution in [0, 0.1) is 5.92 Å². The lowest BCUT2D eigenvalue weighted by Gasteiger charge is -2.57. The van der Waals surface area contributed by atoms with Gasteiger partial charge in [0.1, 0.15) is 0 Å². The molecular formula is C6H7NO. The largest absolute Gasteiger partial charge is 0.235 e. The first-order chi connectivity index (χ1) is 3.85. The van der Waals surface area contributed by atoms with Crippen LogP contribution in [-0.4, -0.2) is 11.6 Å². The lowest BCUT2D eigenvalue weighted by atomic mass is 9.50. The molecule has 3 aliphatic rings. The van der Waals surface area contributed by atoms with Crippen LogP contribution in [0.4, 0.5) is 0 Å². The third-order valence-corrected chi connectivity index (χ3v) is 2.29. The molecule has 0 aromatic heterocycles. The van der Waals surface area contributed by atoms with Crippen molar-refractivity contribution in [3.05, 3.63) is 0 Å². The fourth-order valence-corrected chi connectivity index (χ4v) is 1.67. The Bertz CT molecular complexity index is 152. The zero-order valence-electron chi connectivity index (χ0n) is 4.55. The molecule has 2 nitrogen and oxygen atoms in total. The second-order valence-electron chi connectivity index (χ2n) is 2.91. The molecular weight excluding hydrogens is 102 g/mol. The topological polar surface area (TPSA) is 29.4 Å². The molecule has 3 fully saturated rings. The summed E-state index contributed by atoms with van der Waals surface area (Å²) in [7, 11) is 0. The molecule has 0 spiro atoms. The maximum absolute atomic E-state index is 9.75. The summed E-state index contributed by atoms with van der Waals surface area (Å²) >= 11 is 0. The van der Waals surface area contributed by atoms with E-state index in [0.29, 0.717) is 0 Å². The molecule has 0 saturated heterocycles. The number of isocyanates is 1. The minimum atomic E-state index is 0.117. The molecule has 0 amide bonds. The Hall–Kier alpha value is -0.620. The molecule has 0 atom stereocenters. The molecule has 8 heavy (non-hydrogen) atoms. The quantitative estimate of drug-likeness (QED) is 0.363. The van der Waals surface area contributed by atoms with E-state index in [1.54, 1.807) is 6.08 Å². The number of hydrogen-bond acceptors (Lipinski definition) is 2. The van der Waals surface area contributed by atoms with Gasteiger partial charge in [0.2, 0.25) is 6.08 Å². The van der Waals surface area contributed by atoms with Crippen LogP contribution in [0.2, 0.25) is 0 Å².